The van der Waals surface area contributed by atoms with E-state index in [1.54, 1.807) is 46.8 Å². The van der Waals surface area contributed by atoms with Crippen molar-refractivity contribution in [3.05, 3.63) is 65.2 Å². The molecular weight excluding hydrogens is 458 g/mol. The molecular formula is C28H39N3O5. The van der Waals surface area contributed by atoms with Crippen LogP contribution in [0.1, 0.15) is 70.2 Å². The summed E-state index contributed by atoms with van der Waals surface area (Å²) in [4.78, 5) is 41.0. The molecule has 0 saturated heterocycles. The van der Waals surface area contributed by atoms with Gasteiger partial charge in [0.25, 0.3) is 0 Å². The summed E-state index contributed by atoms with van der Waals surface area (Å²) in [5, 5.41) is 15.6. The van der Waals surface area contributed by atoms with Crippen molar-refractivity contribution in [2.45, 2.75) is 78.6 Å². The minimum absolute atomic E-state index is 0.105. The van der Waals surface area contributed by atoms with Gasteiger partial charge in [-0.2, -0.15) is 0 Å². The van der Waals surface area contributed by atoms with E-state index in [1.165, 1.54) is 11.0 Å². The molecule has 196 valence electrons. The molecule has 0 fully saturated rings. The molecule has 0 aliphatic heterocycles. The van der Waals surface area contributed by atoms with Gasteiger partial charge in [0, 0.05) is 13.1 Å². The van der Waals surface area contributed by atoms with Crippen molar-refractivity contribution in [3.8, 4) is 5.75 Å². The lowest BCUT2D eigenvalue weighted by Gasteiger charge is -2.34. The first-order chi connectivity index (χ1) is 16.9. The summed E-state index contributed by atoms with van der Waals surface area (Å²) < 4.78 is 5.30. The number of hydrogen-bond donors (Lipinski definition) is 3. The van der Waals surface area contributed by atoms with E-state index in [9.17, 15) is 19.5 Å². The average molecular weight is 498 g/mol. The number of phenols is 1. The van der Waals surface area contributed by atoms with Gasteiger partial charge in [0.2, 0.25) is 11.8 Å². The second-order valence-corrected chi connectivity index (χ2v) is 9.90. The summed E-state index contributed by atoms with van der Waals surface area (Å²) in [7, 11) is 0. The summed E-state index contributed by atoms with van der Waals surface area (Å²) >= 11 is 0. The normalized spacial score (nSPS) is 12.8. The monoisotopic (exact) mass is 497 g/mol. The van der Waals surface area contributed by atoms with Crippen LogP contribution in [0.2, 0.25) is 0 Å². The second-order valence-electron chi connectivity index (χ2n) is 9.90. The lowest BCUT2D eigenvalue weighted by molar-refractivity contribution is -0.142. The average Bonchev–Trinajstić information content (AvgIpc) is 2.81. The topological polar surface area (TPSA) is 108 Å². The molecule has 0 bridgehead atoms. The maximum atomic E-state index is 13.6. The zero-order valence-electron chi connectivity index (χ0n) is 22.1. The number of amides is 3. The number of carbonyl (C=O) groups is 3. The molecule has 8 heteroatoms. The molecule has 2 aromatic rings. The Morgan fingerprint density at radius 1 is 1.08 bits per heavy atom. The molecule has 0 heterocycles. The Morgan fingerprint density at radius 2 is 1.75 bits per heavy atom. The molecule has 0 aliphatic rings. The van der Waals surface area contributed by atoms with Gasteiger partial charge in [0.05, 0.1) is 0 Å². The van der Waals surface area contributed by atoms with Crippen molar-refractivity contribution in [3.63, 3.8) is 0 Å². The van der Waals surface area contributed by atoms with Gasteiger partial charge in [0.15, 0.2) is 0 Å². The van der Waals surface area contributed by atoms with Crippen molar-refractivity contribution in [2.24, 2.45) is 0 Å². The van der Waals surface area contributed by atoms with Crippen molar-refractivity contribution in [1.82, 2.24) is 15.5 Å². The van der Waals surface area contributed by atoms with E-state index in [-0.39, 0.29) is 11.7 Å². The first-order valence-corrected chi connectivity index (χ1v) is 12.3. The zero-order valence-corrected chi connectivity index (χ0v) is 22.1. The number of nitrogens with zero attached hydrogens (tertiary/aromatic N) is 1. The highest BCUT2D eigenvalue weighted by Gasteiger charge is 2.34. The Labute approximate surface area is 214 Å². The van der Waals surface area contributed by atoms with Crippen molar-refractivity contribution < 1.29 is 24.2 Å². The first-order valence-electron chi connectivity index (χ1n) is 12.3. The Hall–Kier alpha value is -3.55. The van der Waals surface area contributed by atoms with Gasteiger partial charge in [0.1, 0.15) is 23.4 Å². The van der Waals surface area contributed by atoms with Crippen LogP contribution in [0.5, 0.6) is 5.75 Å². The Bertz CT molecular complexity index is 1030. The van der Waals surface area contributed by atoms with Gasteiger partial charge in [-0.1, -0.05) is 49.7 Å². The molecule has 8 nitrogen and oxygen atoms in total. The van der Waals surface area contributed by atoms with Gasteiger partial charge >= 0.3 is 6.09 Å². The third-order valence-electron chi connectivity index (χ3n) is 5.55. The maximum Gasteiger partial charge on any atom is 0.408 e. The van der Waals surface area contributed by atoms with Gasteiger partial charge in [-0.25, -0.2) is 4.79 Å². The third-order valence-corrected chi connectivity index (χ3v) is 5.55. The number of aryl methyl sites for hydroxylation is 1. The molecule has 0 aliphatic carbocycles. The predicted octanol–water partition coefficient (Wildman–Crippen LogP) is 4.60. The number of nitrogens with one attached hydrogen (secondary N) is 2. The van der Waals surface area contributed by atoms with E-state index in [2.05, 4.69) is 10.6 Å². The van der Waals surface area contributed by atoms with Gasteiger partial charge < -0.3 is 25.4 Å². The van der Waals surface area contributed by atoms with Crippen molar-refractivity contribution in [1.29, 1.82) is 0 Å². The maximum absolute atomic E-state index is 13.6. The molecule has 3 amide bonds. The van der Waals surface area contributed by atoms with Crippen LogP contribution in [-0.2, 0) is 20.9 Å². The molecule has 0 radical (unpaired) electrons. The van der Waals surface area contributed by atoms with Crippen LogP contribution < -0.4 is 10.6 Å². The number of carbonyl (C=O) groups excluding carboxylic acids is 3. The largest absolute Gasteiger partial charge is 0.508 e. The fraction of sp³-hybridized carbons (Fsp3) is 0.464. The third kappa shape index (κ3) is 8.59. The van der Waals surface area contributed by atoms with E-state index in [1.807, 2.05) is 37.3 Å². The molecule has 2 rings (SSSR count). The Kier molecular flexibility index (Phi) is 10.3. The number of aromatic hydroxyl groups is 1. The summed E-state index contributed by atoms with van der Waals surface area (Å²) in [6.45, 7) is 11.2. The van der Waals surface area contributed by atoms with E-state index in [0.29, 0.717) is 30.6 Å². The number of rotatable bonds is 10. The molecule has 0 aromatic heterocycles. The molecule has 36 heavy (non-hydrogen) atoms. The standard InChI is InChI=1S/C28H39N3O5/c1-7-8-16-31(26(34)20(3)30-27(35)36-28(4,5)6)24(22-14-15-23(32)19(2)17-22)25(33)29-18-21-12-10-9-11-13-21/h9-15,17,20,24,32H,7-8,16,18H2,1-6H3,(H,29,33)(H,30,35). The highest BCUT2D eigenvalue weighted by molar-refractivity contribution is 5.92. The van der Waals surface area contributed by atoms with Crippen LogP contribution >= 0.6 is 0 Å². The predicted molar refractivity (Wildman–Crippen MR) is 139 cm³/mol. The van der Waals surface area contributed by atoms with Crippen LogP contribution in [0.3, 0.4) is 0 Å². The number of alkyl carbamates (subject to hydrolysis) is 1. The van der Waals surface area contributed by atoms with Crippen LogP contribution in [0.25, 0.3) is 0 Å². The van der Waals surface area contributed by atoms with Crippen LogP contribution in [-0.4, -0.2) is 46.1 Å². The minimum atomic E-state index is -0.949. The number of unbranched alkanes of at least 4 members (excludes halogenated alkanes) is 1. The van der Waals surface area contributed by atoms with Crippen molar-refractivity contribution >= 4 is 17.9 Å². The fourth-order valence-corrected chi connectivity index (χ4v) is 3.69. The molecule has 3 N–H and O–H groups in total. The van der Waals surface area contributed by atoms with E-state index >= 15 is 0 Å². The van der Waals surface area contributed by atoms with Crippen molar-refractivity contribution in [2.75, 3.05) is 6.54 Å². The molecule has 2 unspecified atom stereocenters. The number of ether oxygens (including phenoxy) is 1. The Balaban J connectivity index is 2.38. The highest BCUT2D eigenvalue weighted by atomic mass is 16.6. The second kappa shape index (κ2) is 13.0. The minimum Gasteiger partial charge on any atom is -0.508 e. The number of hydrogen-bond acceptors (Lipinski definition) is 5. The van der Waals surface area contributed by atoms with Gasteiger partial charge in [-0.3, -0.25) is 9.59 Å². The van der Waals surface area contributed by atoms with Gasteiger partial charge in [-0.05, 0) is 69.9 Å². The summed E-state index contributed by atoms with van der Waals surface area (Å²) in [5.74, 6) is -0.647. The van der Waals surface area contributed by atoms with Crippen LogP contribution in [0.15, 0.2) is 48.5 Å². The lowest BCUT2D eigenvalue weighted by atomic mass is 10.00. The highest BCUT2D eigenvalue weighted by Crippen LogP contribution is 2.27. The fourth-order valence-electron chi connectivity index (χ4n) is 3.69. The van der Waals surface area contributed by atoms with Crippen LogP contribution in [0.4, 0.5) is 4.79 Å². The Morgan fingerprint density at radius 3 is 2.33 bits per heavy atom. The molecule has 0 saturated carbocycles. The van der Waals surface area contributed by atoms with E-state index in [0.717, 1.165) is 12.0 Å². The molecule has 0 spiro atoms. The number of phenolic OH excluding ortho intramolecular Hbond substituents is 1. The smallest absolute Gasteiger partial charge is 0.408 e. The lowest BCUT2D eigenvalue weighted by Crippen LogP contribution is -2.52. The SMILES string of the molecule is CCCCN(C(=O)C(C)NC(=O)OC(C)(C)C)C(C(=O)NCc1ccccc1)c1ccc(O)c(C)c1. The zero-order chi connectivity index (χ0) is 26.9. The molecule has 2 atom stereocenters. The first kappa shape index (κ1) is 28.7. The van der Waals surface area contributed by atoms with Crippen LogP contribution in [0, 0.1) is 6.92 Å². The summed E-state index contributed by atoms with van der Waals surface area (Å²) in [5.41, 5.74) is 1.39. The molecule has 2 aromatic carbocycles. The quantitative estimate of drug-likeness (QED) is 0.445. The van der Waals surface area contributed by atoms with E-state index < -0.39 is 29.7 Å². The summed E-state index contributed by atoms with van der Waals surface area (Å²) in [6.07, 6.45) is 0.777. The van der Waals surface area contributed by atoms with Gasteiger partial charge in [-0.15, -0.1) is 0 Å². The van der Waals surface area contributed by atoms with E-state index in [4.69, 9.17) is 4.74 Å². The summed E-state index contributed by atoms with van der Waals surface area (Å²) in [6, 6.07) is 12.5. The number of benzene rings is 2.